The highest BCUT2D eigenvalue weighted by molar-refractivity contribution is 5.41. The Balaban J connectivity index is 2.28. The summed E-state index contributed by atoms with van der Waals surface area (Å²) in [6.45, 7) is 3.10. The van der Waals surface area contributed by atoms with Crippen LogP contribution in [-0.2, 0) is 4.74 Å². The molecule has 0 aliphatic heterocycles. The first kappa shape index (κ1) is 15.6. The number of nitrogens with one attached hydrogen (secondary N) is 1. The third kappa shape index (κ3) is 6.31. The summed E-state index contributed by atoms with van der Waals surface area (Å²) in [7, 11) is 4.95. The van der Waals surface area contributed by atoms with Gasteiger partial charge in [-0.1, -0.05) is 0 Å². The highest BCUT2D eigenvalue weighted by Crippen LogP contribution is 2.27. The fraction of sp³-hybridized carbons (Fsp3) is 0.571. The molecule has 0 heterocycles. The average molecular weight is 269 g/mol. The summed E-state index contributed by atoms with van der Waals surface area (Å²) in [5.41, 5.74) is 0. The molecule has 1 aromatic carbocycles. The van der Waals surface area contributed by atoms with E-state index in [-0.39, 0.29) is 0 Å². The van der Waals surface area contributed by atoms with E-state index < -0.39 is 0 Å². The molecule has 108 valence electrons. The lowest BCUT2D eigenvalue weighted by molar-refractivity contribution is 0.193. The van der Waals surface area contributed by atoms with Gasteiger partial charge in [-0.15, -0.1) is 0 Å². The second kappa shape index (κ2) is 9.47. The fourth-order valence-electron chi connectivity index (χ4n) is 1.57. The number of benzene rings is 1. The van der Waals surface area contributed by atoms with Gasteiger partial charge in [0, 0.05) is 38.5 Å². The molecule has 0 radical (unpaired) electrons. The molecule has 0 aromatic heterocycles. The summed E-state index contributed by atoms with van der Waals surface area (Å²) in [5, 5.41) is 3.28. The zero-order chi connectivity index (χ0) is 13.9. The van der Waals surface area contributed by atoms with E-state index in [0.717, 1.165) is 43.4 Å². The molecule has 5 nitrogen and oxygen atoms in total. The normalized spacial score (nSPS) is 10.3. The maximum Gasteiger partial charge on any atom is 0.126 e. The molecule has 19 heavy (non-hydrogen) atoms. The van der Waals surface area contributed by atoms with Crippen molar-refractivity contribution in [1.29, 1.82) is 0 Å². The third-order valence-corrected chi connectivity index (χ3v) is 2.57. The lowest BCUT2D eigenvalue weighted by atomic mass is 10.3. The van der Waals surface area contributed by atoms with Gasteiger partial charge >= 0.3 is 0 Å². The molecule has 0 atom stereocenters. The minimum absolute atomic E-state index is 0.601. The summed E-state index contributed by atoms with van der Waals surface area (Å²) in [4.78, 5) is 0. The van der Waals surface area contributed by atoms with Gasteiger partial charge in [0.1, 0.15) is 23.9 Å². The molecule has 1 aromatic rings. The predicted molar refractivity (Wildman–Crippen MR) is 74.4 cm³/mol. The Morgan fingerprint density at radius 2 is 1.47 bits per heavy atom. The monoisotopic (exact) mass is 269 g/mol. The van der Waals surface area contributed by atoms with Crippen molar-refractivity contribution in [2.45, 2.75) is 6.42 Å². The molecule has 0 saturated heterocycles. The Morgan fingerprint density at radius 1 is 0.842 bits per heavy atom. The fourth-order valence-corrected chi connectivity index (χ4v) is 1.57. The van der Waals surface area contributed by atoms with Crippen LogP contribution in [0.25, 0.3) is 0 Å². The van der Waals surface area contributed by atoms with E-state index in [1.807, 2.05) is 18.2 Å². The van der Waals surface area contributed by atoms with Crippen molar-refractivity contribution in [3.05, 3.63) is 18.2 Å². The number of rotatable bonds is 10. The summed E-state index contributed by atoms with van der Waals surface area (Å²) in [6.07, 6.45) is 1.00. The zero-order valence-corrected chi connectivity index (χ0v) is 11.9. The van der Waals surface area contributed by atoms with Crippen molar-refractivity contribution >= 4 is 0 Å². The standard InChI is InChI=1S/C14H23NO4/c1-16-7-4-5-15-6-8-19-14-10-12(17-2)9-13(11-14)18-3/h9-11,15H,4-8H2,1-3H3. The molecular weight excluding hydrogens is 246 g/mol. The van der Waals surface area contributed by atoms with Gasteiger partial charge in [0.2, 0.25) is 0 Å². The molecule has 0 saturated carbocycles. The van der Waals surface area contributed by atoms with E-state index >= 15 is 0 Å². The molecule has 0 bridgehead atoms. The van der Waals surface area contributed by atoms with Gasteiger partial charge in [-0.2, -0.15) is 0 Å². The van der Waals surface area contributed by atoms with Crippen LogP contribution in [0.2, 0.25) is 0 Å². The SMILES string of the molecule is COCCCNCCOc1cc(OC)cc(OC)c1. The van der Waals surface area contributed by atoms with Crippen molar-refractivity contribution in [2.75, 3.05) is 47.6 Å². The maximum atomic E-state index is 5.64. The first-order chi connectivity index (χ1) is 9.30. The summed E-state index contributed by atoms with van der Waals surface area (Å²) in [5.74, 6) is 2.19. The topological polar surface area (TPSA) is 49.0 Å². The van der Waals surface area contributed by atoms with Gasteiger partial charge in [-0.3, -0.25) is 0 Å². The Kier molecular flexibility index (Phi) is 7.77. The lowest BCUT2D eigenvalue weighted by Crippen LogP contribution is -2.22. The van der Waals surface area contributed by atoms with Crippen LogP contribution in [0.15, 0.2) is 18.2 Å². The molecule has 0 aliphatic rings. The molecule has 0 aliphatic carbocycles. The van der Waals surface area contributed by atoms with Crippen molar-refractivity contribution in [3.63, 3.8) is 0 Å². The number of hydrogen-bond donors (Lipinski definition) is 1. The smallest absolute Gasteiger partial charge is 0.126 e. The third-order valence-electron chi connectivity index (χ3n) is 2.57. The molecule has 1 rings (SSSR count). The van der Waals surface area contributed by atoms with Gasteiger partial charge in [0.05, 0.1) is 14.2 Å². The van der Waals surface area contributed by atoms with Gasteiger partial charge in [0.15, 0.2) is 0 Å². The molecule has 1 N–H and O–H groups in total. The van der Waals surface area contributed by atoms with E-state index in [1.54, 1.807) is 21.3 Å². The predicted octanol–water partition coefficient (Wildman–Crippen LogP) is 1.71. The quantitative estimate of drug-likeness (QED) is 0.655. The highest BCUT2D eigenvalue weighted by atomic mass is 16.5. The number of hydrogen-bond acceptors (Lipinski definition) is 5. The summed E-state index contributed by atoms with van der Waals surface area (Å²) >= 11 is 0. The average Bonchev–Trinajstić information content (AvgIpc) is 2.45. The maximum absolute atomic E-state index is 5.64. The molecular formula is C14H23NO4. The Morgan fingerprint density at radius 3 is 2.05 bits per heavy atom. The van der Waals surface area contributed by atoms with Crippen LogP contribution in [0, 0.1) is 0 Å². The van der Waals surface area contributed by atoms with Crippen molar-refractivity contribution in [3.8, 4) is 17.2 Å². The highest BCUT2D eigenvalue weighted by Gasteiger charge is 2.02. The second-order valence-electron chi connectivity index (χ2n) is 3.99. The van der Waals surface area contributed by atoms with Crippen LogP contribution >= 0.6 is 0 Å². The molecule has 0 spiro atoms. The van der Waals surface area contributed by atoms with Gasteiger partial charge in [0.25, 0.3) is 0 Å². The summed E-state index contributed by atoms with van der Waals surface area (Å²) < 4.78 is 21.0. The first-order valence-corrected chi connectivity index (χ1v) is 6.35. The zero-order valence-electron chi connectivity index (χ0n) is 11.9. The van der Waals surface area contributed by atoms with Crippen molar-refractivity contribution in [2.24, 2.45) is 0 Å². The molecule has 5 heteroatoms. The van der Waals surface area contributed by atoms with Crippen LogP contribution in [-0.4, -0.2) is 47.6 Å². The van der Waals surface area contributed by atoms with Crippen molar-refractivity contribution in [1.82, 2.24) is 5.32 Å². The van der Waals surface area contributed by atoms with Crippen molar-refractivity contribution < 1.29 is 18.9 Å². The first-order valence-electron chi connectivity index (χ1n) is 6.35. The van der Waals surface area contributed by atoms with E-state index in [4.69, 9.17) is 18.9 Å². The minimum Gasteiger partial charge on any atom is -0.496 e. The second-order valence-corrected chi connectivity index (χ2v) is 3.99. The Bertz CT molecular complexity index is 335. The number of ether oxygens (including phenoxy) is 4. The largest absolute Gasteiger partial charge is 0.496 e. The minimum atomic E-state index is 0.601. The van der Waals surface area contributed by atoms with Gasteiger partial charge in [-0.25, -0.2) is 0 Å². The number of methoxy groups -OCH3 is 3. The Hall–Kier alpha value is -1.46. The Labute approximate surface area is 114 Å². The lowest BCUT2D eigenvalue weighted by Gasteiger charge is -2.10. The van der Waals surface area contributed by atoms with E-state index in [2.05, 4.69) is 5.32 Å². The van der Waals surface area contributed by atoms with Gasteiger partial charge in [-0.05, 0) is 13.0 Å². The van der Waals surface area contributed by atoms with Crippen LogP contribution in [0.1, 0.15) is 6.42 Å². The van der Waals surface area contributed by atoms with Crippen LogP contribution < -0.4 is 19.5 Å². The molecule has 0 amide bonds. The van der Waals surface area contributed by atoms with Crippen LogP contribution in [0.4, 0.5) is 0 Å². The van der Waals surface area contributed by atoms with Gasteiger partial charge < -0.3 is 24.3 Å². The summed E-state index contributed by atoms with van der Waals surface area (Å²) in [6, 6.07) is 5.50. The van der Waals surface area contributed by atoms with E-state index in [9.17, 15) is 0 Å². The van der Waals surface area contributed by atoms with Crippen LogP contribution in [0.3, 0.4) is 0 Å². The van der Waals surface area contributed by atoms with Crippen LogP contribution in [0.5, 0.6) is 17.2 Å². The van der Waals surface area contributed by atoms with E-state index in [0.29, 0.717) is 6.61 Å². The molecule has 0 fully saturated rings. The molecule has 0 unspecified atom stereocenters. The van der Waals surface area contributed by atoms with E-state index in [1.165, 1.54) is 0 Å².